The number of fused-ring (bicyclic) bond motifs is 3. The largest absolute Gasteiger partial charge is 0.462 e. The second-order valence-corrected chi connectivity index (χ2v) is 4.05. The fourth-order valence-corrected chi connectivity index (χ4v) is 2.47. The lowest BCUT2D eigenvalue weighted by molar-refractivity contribution is 0.0527. The summed E-state index contributed by atoms with van der Waals surface area (Å²) in [7, 11) is 0. The van der Waals surface area contributed by atoms with E-state index >= 15 is 0 Å². The molecule has 0 unspecified atom stereocenters. The van der Waals surface area contributed by atoms with E-state index in [0.717, 1.165) is 30.6 Å². The molecule has 5 nitrogen and oxygen atoms in total. The van der Waals surface area contributed by atoms with Crippen LogP contribution in [0.1, 0.15) is 29.4 Å². The van der Waals surface area contributed by atoms with Crippen molar-refractivity contribution in [3.8, 4) is 0 Å². The number of ether oxygens (including phenoxy) is 1. The fraction of sp³-hybridized carbons (Fsp3) is 0.417. The topological polar surface area (TPSA) is 57.0 Å². The summed E-state index contributed by atoms with van der Waals surface area (Å²) in [4.78, 5) is 20.2. The zero-order valence-electron chi connectivity index (χ0n) is 9.64. The van der Waals surface area contributed by atoms with Gasteiger partial charge >= 0.3 is 5.97 Å². The number of carbonyl (C=O) groups is 1. The molecule has 0 radical (unpaired) electrons. The van der Waals surface area contributed by atoms with Crippen molar-refractivity contribution in [3.63, 3.8) is 0 Å². The Morgan fingerprint density at radius 3 is 3.29 bits per heavy atom. The van der Waals surface area contributed by atoms with Gasteiger partial charge in [0.15, 0.2) is 0 Å². The summed E-state index contributed by atoms with van der Waals surface area (Å²) in [5.41, 5.74) is 3.32. The number of rotatable bonds is 2. The molecule has 0 amide bonds. The average molecular weight is 231 g/mol. The average Bonchev–Trinajstić information content (AvgIpc) is 2.88. The molecule has 0 fully saturated rings. The van der Waals surface area contributed by atoms with Gasteiger partial charge in [-0.25, -0.2) is 14.8 Å². The number of hydrogen-bond donors (Lipinski definition) is 0. The highest BCUT2D eigenvalue weighted by Gasteiger charge is 2.27. The predicted octanol–water partition coefficient (Wildman–Crippen LogP) is 1.55. The van der Waals surface area contributed by atoms with Gasteiger partial charge in [-0.2, -0.15) is 0 Å². The van der Waals surface area contributed by atoms with Gasteiger partial charge < -0.3 is 9.30 Å². The van der Waals surface area contributed by atoms with Crippen LogP contribution in [0, 0.1) is 0 Å². The highest BCUT2D eigenvalue weighted by molar-refractivity contribution is 6.04. The van der Waals surface area contributed by atoms with Gasteiger partial charge in [-0.05, 0) is 19.8 Å². The summed E-state index contributed by atoms with van der Waals surface area (Å²) >= 11 is 0. The Hall–Kier alpha value is -1.91. The molecule has 3 rings (SSSR count). The van der Waals surface area contributed by atoms with Gasteiger partial charge in [-0.3, -0.25) is 0 Å². The molecular weight excluding hydrogens is 218 g/mol. The van der Waals surface area contributed by atoms with Gasteiger partial charge in [-0.15, -0.1) is 0 Å². The monoisotopic (exact) mass is 231 g/mol. The third kappa shape index (κ3) is 1.42. The molecule has 0 N–H and O–H groups in total. The van der Waals surface area contributed by atoms with Crippen molar-refractivity contribution < 1.29 is 9.53 Å². The van der Waals surface area contributed by atoms with Crippen LogP contribution in [0.15, 0.2) is 12.5 Å². The molecule has 17 heavy (non-hydrogen) atoms. The van der Waals surface area contributed by atoms with Gasteiger partial charge in [0.05, 0.1) is 18.3 Å². The van der Waals surface area contributed by atoms with Crippen LogP contribution in [0.4, 0.5) is 0 Å². The van der Waals surface area contributed by atoms with E-state index < -0.39 is 0 Å². The van der Waals surface area contributed by atoms with Gasteiger partial charge in [0.1, 0.15) is 17.4 Å². The standard InChI is InChI=1S/C12H13N3O2/c1-2-17-12(16)10-8-4-3-5-15(8)9-6-13-7-14-11(9)10/h6-7H,2-5H2,1H3. The van der Waals surface area contributed by atoms with E-state index in [2.05, 4.69) is 14.5 Å². The first-order valence-corrected chi connectivity index (χ1v) is 5.81. The first-order valence-electron chi connectivity index (χ1n) is 5.81. The summed E-state index contributed by atoms with van der Waals surface area (Å²) in [6, 6.07) is 0. The van der Waals surface area contributed by atoms with E-state index in [1.807, 2.05) is 6.92 Å². The Morgan fingerprint density at radius 1 is 1.59 bits per heavy atom. The molecule has 3 heterocycles. The molecule has 0 spiro atoms. The summed E-state index contributed by atoms with van der Waals surface area (Å²) in [5.74, 6) is -0.271. The Labute approximate surface area is 98.4 Å². The molecule has 2 aromatic heterocycles. The number of aryl methyl sites for hydroxylation is 1. The van der Waals surface area contributed by atoms with Crippen LogP contribution < -0.4 is 0 Å². The molecule has 1 aliphatic rings. The first kappa shape index (κ1) is 10.3. The number of esters is 1. The smallest absolute Gasteiger partial charge is 0.342 e. The highest BCUT2D eigenvalue weighted by atomic mass is 16.5. The second kappa shape index (κ2) is 3.84. The van der Waals surface area contributed by atoms with Crippen LogP contribution in [0.25, 0.3) is 11.0 Å². The third-order valence-electron chi connectivity index (χ3n) is 3.11. The van der Waals surface area contributed by atoms with Crippen molar-refractivity contribution in [2.75, 3.05) is 6.61 Å². The van der Waals surface area contributed by atoms with E-state index in [1.165, 1.54) is 6.33 Å². The minimum atomic E-state index is -0.271. The van der Waals surface area contributed by atoms with Crippen molar-refractivity contribution in [3.05, 3.63) is 23.8 Å². The zero-order chi connectivity index (χ0) is 11.8. The minimum absolute atomic E-state index is 0.271. The molecule has 0 atom stereocenters. The molecule has 88 valence electrons. The zero-order valence-corrected chi connectivity index (χ0v) is 9.64. The van der Waals surface area contributed by atoms with Gasteiger partial charge in [0.2, 0.25) is 0 Å². The van der Waals surface area contributed by atoms with Gasteiger partial charge in [-0.1, -0.05) is 0 Å². The van der Waals surface area contributed by atoms with Crippen LogP contribution in [0.5, 0.6) is 0 Å². The van der Waals surface area contributed by atoms with E-state index in [-0.39, 0.29) is 5.97 Å². The summed E-state index contributed by atoms with van der Waals surface area (Å²) in [6.07, 6.45) is 5.21. The maximum Gasteiger partial charge on any atom is 0.342 e. The minimum Gasteiger partial charge on any atom is -0.462 e. The normalized spacial score (nSPS) is 13.9. The number of nitrogens with zero attached hydrogens (tertiary/aromatic N) is 3. The van der Waals surface area contributed by atoms with Crippen molar-refractivity contribution in [1.82, 2.24) is 14.5 Å². The predicted molar refractivity (Wildman–Crippen MR) is 61.8 cm³/mol. The van der Waals surface area contributed by atoms with Crippen molar-refractivity contribution in [1.29, 1.82) is 0 Å². The Balaban J connectivity index is 2.26. The molecule has 2 aromatic rings. The van der Waals surface area contributed by atoms with Crippen molar-refractivity contribution >= 4 is 17.0 Å². The molecule has 0 saturated heterocycles. The number of aromatic nitrogens is 3. The van der Waals surface area contributed by atoms with Crippen molar-refractivity contribution in [2.45, 2.75) is 26.3 Å². The maximum absolute atomic E-state index is 12.0. The molecule has 0 aromatic carbocycles. The van der Waals surface area contributed by atoms with Crippen molar-refractivity contribution in [2.24, 2.45) is 0 Å². The lowest BCUT2D eigenvalue weighted by Crippen LogP contribution is -2.07. The molecule has 5 heteroatoms. The van der Waals surface area contributed by atoms with E-state index in [0.29, 0.717) is 17.7 Å². The Morgan fingerprint density at radius 2 is 2.47 bits per heavy atom. The summed E-state index contributed by atoms with van der Waals surface area (Å²) in [6.45, 7) is 3.13. The first-order chi connectivity index (χ1) is 8.33. The lowest BCUT2D eigenvalue weighted by Gasteiger charge is -2.01. The number of hydrogen-bond acceptors (Lipinski definition) is 4. The van der Waals surface area contributed by atoms with E-state index in [4.69, 9.17) is 4.74 Å². The van der Waals surface area contributed by atoms with Gasteiger partial charge in [0, 0.05) is 12.2 Å². The molecular formula is C12H13N3O2. The molecule has 0 bridgehead atoms. The van der Waals surface area contributed by atoms with E-state index in [1.54, 1.807) is 6.20 Å². The maximum atomic E-state index is 12.0. The molecule has 0 aliphatic carbocycles. The van der Waals surface area contributed by atoms with E-state index in [9.17, 15) is 4.79 Å². The quantitative estimate of drug-likeness (QED) is 0.736. The number of carbonyl (C=O) groups excluding carboxylic acids is 1. The van der Waals surface area contributed by atoms with Crippen LogP contribution in [-0.2, 0) is 17.7 Å². The second-order valence-electron chi connectivity index (χ2n) is 4.05. The fourth-order valence-electron chi connectivity index (χ4n) is 2.47. The summed E-state index contributed by atoms with van der Waals surface area (Å²) < 4.78 is 7.23. The Kier molecular flexibility index (Phi) is 2.31. The van der Waals surface area contributed by atoms with Crippen LogP contribution in [0.3, 0.4) is 0 Å². The van der Waals surface area contributed by atoms with Crippen LogP contribution in [-0.4, -0.2) is 27.1 Å². The Bertz CT molecular complexity index is 589. The molecule has 0 saturated carbocycles. The lowest BCUT2D eigenvalue weighted by atomic mass is 10.1. The highest BCUT2D eigenvalue weighted by Crippen LogP contribution is 2.30. The van der Waals surface area contributed by atoms with Crippen LogP contribution >= 0.6 is 0 Å². The SMILES string of the molecule is CCOC(=O)c1c2n(c3cncnc13)CCC2. The van der Waals surface area contributed by atoms with Gasteiger partial charge in [0.25, 0.3) is 0 Å². The van der Waals surface area contributed by atoms with Crippen LogP contribution in [0.2, 0.25) is 0 Å². The molecule has 1 aliphatic heterocycles. The third-order valence-corrected chi connectivity index (χ3v) is 3.11. The summed E-state index contributed by atoms with van der Waals surface area (Å²) in [5, 5.41) is 0.